The van der Waals surface area contributed by atoms with Crippen molar-refractivity contribution in [2.24, 2.45) is 0 Å². The molecule has 5 nitrogen and oxygen atoms in total. The van der Waals surface area contributed by atoms with Crippen molar-refractivity contribution in [3.63, 3.8) is 0 Å². The molecular formula is C110H82B2N4O. The normalized spacial score (nSPS) is 13.1. The van der Waals surface area contributed by atoms with E-state index >= 15 is 0 Å². The van der Waals surface area contributed by atoms with Crippen LogP contribution in [0.1, 0.15) is 54.0 Å². The van der Waals surface area contributed by atoms with E-state index in [1.54, 1.807) is 0 Å². The Bertz CT molecular complexity index is 6840. The first-order chi connectivity index (χ1) is 57.8. The van der Waals surface area contributed by atoms with E-state index in [9.17, 15) is 1.37 Å². The molecule has 0 N–H and O–H groups in total. The maximum absolute atomic E-state index is 12.4. The summed E-state index contributed by atoms with van der Waals surface area (Å²) in [7, 11) is 0. The van der Waals surface area contributed by atoms with Gasteiger partial charge in [-0.1, -0.05) is 369 Å². The Morgan fingerprint density at radius 1 is 0.256 bits per heavy atom. The fourth-order valence-electron chi connectivity index (χ4n) is 19.3. The van der Waals surface area contributed by atoms with Crippen molar-refractivity contribution in [3.8, 4) is 95.1 Å². The molecule has 18 aromatic rings. The maximum atomic E-state index is 12.4. The fraction of sp³-hybridized carbons (Fsp3) is 0.0727. The SMILES string of the molecule is [2H]c1c2c(cc3c1B1c4ccc(-n5c6ccccc6c6ccccc65)cc4N(c4c(-c5ccccc5)cccc4-c4ccccc4)c4cc(C(C)(C)C)cc(c41)N3c1c(-c3ccccc3)cccc1-c1ccccc1)Oc1cc(C(C)(C)C)cc3c1B2c1ccc(-c2ccccc2)cc1N3c1c(-c2ccccc2)cccc1-c1ccccc1. The summed E-state index contributed by atoms with van der Waals surface area (Å²) in [5.74, 6) is 1.43. The van der Waals surface area contributed by atoms with E-state index in [1.807, 2.05) is 0 Å². The molecule has 0 amide bonds. The Labute approximate surface area is 686 Å². The van der Waals surface area contributed by atoms with Gasteiger partial charge >= 0.3 is 0 Å². The minimum absolute atomic E-state index is 0.342. The molecule has 554 valence electrons. The second-order valence-electron chi connectivity index (χ2n) is 33.7. The van der Waals surface area contributed by atoms with Crippen molar-refractivity contribution >= 4 is 119 Å². The van der Waals surface area contributed by atoms with Gasteiger partial charge in [0.1, 0.15) is 11.5 Å². The van der Waals surface area contributed by atoms with Gasteiger partial charge in [0.2, 0.25) is 0 Å². The van der Waals surface area contributed by atoms with Crippen molar-refractivity contribution in [2.75, 3.05) is 14.7 Å². The first-order valence-electron chi connectivity index (χ1n) is 41.4. The predicted octanol–water partition coefficient (Wildman–Crippen LogP) is 25.5. The first-order valence-corrected chi connectivity index (χ1v) is 40.9. The van der Waals surface area contributed by atoms with Gasteiger partial charge in [-0.25, -0.2) is 0 Å². The van der Waals surface area contributed by atoms with Crippen molar-refractivity contribution < 1.29 is 6.11 Å². The van der Waals surface area contributed by atoms with E-state index in [0.717, 1.165) is 195 Å². The van der Waals surface area contributed by atoms with Crippen LogP contribution >= 0.6 is 0 Å². The smallest absolute Gasteiger partial charge is 0.256 e. The molecule has 7 heteroatoms. The van der Waals surface area contributed by atoms with E-state index in [1.165, 1.54) is 10.8 Å². The molecule has 4 aliphatic rings. The fourth-order valence-corrected chi connectivity index (χ4v) is 19.3. The molecule has 0 atom stereocenters. The number of rotatable bonds is 11. The maximum Gasteiger partial charge on any atom is 0.256 e. The summed E-state index contributed by atoms with van der Waals surface area (Å²) in [6, 6.07) is 142. The average Bonchev–Trinajstić information content (AvgIpc) is 0.686. The molecule has 17 aromatic carbocycles. The Morgan fingerprint density at radius 3 is 0.991 bits per heavy atom. The van der Waals surface area contributed by atoms with Gasteiger partial charge in [0, 0.05) is 90.0 Å². The number of aromatic nitrogens is 1. The summed E-state index contributed by atoms with van der Waals surface area (Å²) < 4.78 is 23.0. The van der Waals surface area contributed by atoms with Crippen LogP contribution in [-0.4, -0.2) is 18.0 Å². The highest BCUT2D eigenvalue weighted by Gasteiger charge is 2.50. The molecule has 0 saturated carbocycles. The standard InChI is InChI=1S/C110H82B2N4O/c1-109(2,3)79-64-99-104-100(65-79)116(108-86(76-45-24-12-25-46-76)55-34-56-87(108)77-47-26-13-27-48-77)98-70-102-93(69-92(98)111(104)91-62-60-81(113-94-57-30-28-49-88(94)89-50-29-31-58-95(89)113)68-97(91)115(99)107-84(74-41-20-10-21-42-74)53-33-54-85(107)75-43-22-11-23-44-75)112-90-61-59-78(71-35-14-7-15-36-71)63-96(90)114(101-66-80(110(4,5)6)67-103(117-102)105(101)112)106-82(72-37-16-8-17-38-72)51-32-52-83(106)73-39-18-9-19-40-73/h7-70H,1-6H3/i69D. The van der Waals surface area contributed by atoms with Crippen LogP contribution in [0.4, 0.5) is 51.2 Å². The van der Waals surface area contributed by atoms with Gasteiger partial charge in [-0.3, -0.25) is 0 Å². The Hall–Kier alpha value is -14.1. The van der Waals surface area contributed by atoms with Gasteiger partial charge in [-0.05, 0) is 154 Å². The van der Waals surface area contributed by atoms with Crippen LogP contribution in [0.25, 0.3) is 105 Å². The minimum Gasteiger partial charge on any atom is -0.458 e. The van der Waals surface area contributed by atoms with Gasteiger partial charge < -0.3 is 24.0 Å². The van der Waals surface area contributed by atoms with Gasteiger partial charge in [0.05, 0.1) is 29.5 Å². The average molecular weight is 1500 g/mol. The summed E-state index contributed by atoms with van der Waals surface area (Å²) in [5.41, 5.74) is 35.3. The van der Waals surface area contributed by atoms with Crippen LogP contribution < -0.4 is 52.2 Å². The zero-order chi connectivity index (χ0) is 79.2. The van der Waals surface area contributed by atoms with Crippen LogP contribution in [0, 0.1) is 0 Å². The van der Waals surface area contributed by atoms with E-state index < -0.39 is 18.8 Å². The lowest BCUT2D eigenvalue weighted by atomic mass is 9.30. The van der Waals surface area contributed by atoms with Crippen molar-refractivity contribution in [1.82, 2.24) is 4.57 Å². The quantitative estimate of drug-likeness (QED) is 0.120. The molecule has 0 saturated heterocycles. The van der Waals surface area contributed by atoms with Crippen molar-refractivity contribution in [2.45, 2.75) is 52.4 Å². The summed E-state index contributed by atoms with van der Waals surface area (Å²) >= 11 is 0. The van der Waals surface area contributed by atoms with Crippen LogP contribution in [0.2, 0.25) is 0 Å². The number of nitrogens with zero attached hydrogens (tertiary/aromatic N) is 4. The second kappa shape index (κ2) is 27.3. The van der Waals surface area contributed by atoms with Gasteiger partial charge in [0.25, 0.3) is 13.4 Å². The molecule has 0 aliphatic carbocycles. The molecular weight excluding hydrogens is 1410 g/mol. The molecule has 0 spiro atoms. The summed E-state index contributed by atoms with van der Waals surface area (Å²) in [4.78, 5) is 7.82. The third-order valence-corrected chi connectivity index (χ3v) is 24.8. The van der Waals surface area contributed by atoms with Gasteiger partial charge in [-0.15, -0.1) is 0 Å². The number of anilines is 9. The van der Waals surface area contributed by atoms with E-state index in [-0.39, 0.29) is 5.41 Å². The van der Waals surface area contributed by atoms with Crippen molar-refractivity contribution in [3.05, 3.63) is 399 Å². The molecule has 117 heavy (non-hydrogen) atoms. The molecule has 22 rings (SSSR count). The summed E-state index contributed by atoms with van der Waals surface area (Å²) in [5, 5.41) is 2.38. The predicted molar refractivity (Wildman–Crippen MR) is 496 cm³/mol. The third kappa shape index (κ3) is 11.3. The number of fused-ring (bicyclic) bond motifs is 11. The Kier molecular flexibility index (Phi) is 16.0. The second-order valence-corrected chi connectivity index (χ2v) is 33.7. The highest BCUT2D eigenvalue weighted by atomic mass is 16.5. The van der Waals surface area contributed by atoms with E-state index in [2.05, 4.69) is 443 Å². The zero-order valence-corrected chi connectivity index (χ0v) is 66.2. The van der Waals surface area contributed by atoms with Crippen LogP contribution in [0.5, 0.6) is 11.5 Å². The van der Waals surface area contributed by atoms with Crippen LogP contribution in [-0.2, 0) is 10.8 Å². The number of benzene rings is 17. The number of hydrogen-bond acceptors (Lipinski definition) is 4. The Morgan fingerprint density at radius 2 is 0.590 bits per heavy atom. The number of para-hydroxylation sites is 5. The molecule has 0 fully saturated rings. The summed E-state index contributed by atoms with van der Waals surface area (Å²) in [6.45, 7) is 13.0. The third-order valence-electron chi connectivity index (χ3n) is 24.8. The van der Waals surface area contributed by atoms with Gasteiger partial charge in [-0.2, -0.15) is 0 Å². The number of hydrogen-bond donors (Lipinski definition) is 0. The minimum atomic E-state index is -0.537. The monoisotopic (exact) mass is 1500 g/mol. The lowest BCUT2D eigenvalue weighted by Crippen LogP contribution is -2.64. The molecule has 0 bridgehead atoms. The van der Waals surface area contributed by atoms with Gasteiger partial charge in [0.15, 0.2) is 0 Å². The molecule has 0 radical (unpaired) electrons. The molecule has 5 heterocycles. The number of ether oxygens (including phenoxy) is 1. The highest BCUT2D eigenvalue weighted by Crippen LogP contribution is 2.57. The first kappa shape index (κ1) is 68.5. The largest absolute Gasteiger partial charge is 0.458 e. The zero-order valence-electron chi connectivity index (χ0n) is 67.2. The van der Waals surface area contributed by atoms with Crippen molar-refractivity contribution in [1.29, 1.82) is 0 Å². The lowest BCUT2D eigenvalue weighted by molar-refractivity contribution is 0.483. The molecule has 0 unspecified atom stereocenters. The van der Waals surface area contributed by atoms with E-state index in [0.29, 0.717) is 11.8 Å². The summed E-state index contributed by atoms with van der Waals surface area (Å²) in [6.07, 6.45) is 0. The molecule has 1 aromatic heterocycles. The van der Waals surface area contributed by atoms with Crippen LogP contribution in [0.15, 0.2) is 388 Å². The van der Waals surface area contributed by atoms with E-state index in [4.69, 9.17) is 4.74 Å². The Balaban J connectivity index is 0.904. The highest BCUT2D eigenvalue weighted by molar-refractivity contribution is 7.02. The lowest BCUT2D eigenvalue weighted by Gasteiger charge is -2.47. The topological polar surface area (TPSA) is 23.9 Å². The van der Waals surface area contributed by atoms with Crippen LogP contribution in [0.3, 0.4) is 0 Å². The molecule has 4 aliphatic heterocycles.